The Kier molecular flexibility index (Phi) is 7.94. The van der Waals surface area contributed by atoms with E-state index in [1.165, 1.54) is 25.8 Å². The number of para-hydroxylation sites is 1. The van der Waals surface area contributed by atoms with Crippen molar-refractivity contribution in [3.8, 4) is 0 Å². The van der Waals surface area contributed by atoms with Crippen molar-refractivity contribution in [2.75, 3.05) is 26.0 Å². The summed E-state index contributed by atoms with van der Waals surface area (Å²) in [6, 6.07) is 8.31. The number of aromatic nitrogens is 2. The molecule has 1 saturated heterocycles. The first-order valence-electron chi connectivity index (χ1n) is 10.5. The minimum absolute atomic E-state index is 0.0624. The Morgan fingerprint density at radius 3 is 2.89 bits per heavy atom. The molecule has 154 valence electrons. The summed E-state index contributed by atoms with van der Waals surface area (Å²) in [5.41, 5.74) is 0.854. The molecule has 2 aromatic rings. The van der Waals surface area contributed by atoms with Crippen LogP contribution in [0.25, 0.3) is 10.9 Å². The van der Waals surface area contributed by atoms with Crippen molar-refractivity contribution in [3.05, 3.63) is 34.6 Å². The second-order valence-corrected chi connectivity index (χ2v) is 8.97. The summed E-state index contributed by atoms with van der Waals surface area (Å²) in [6.45, 7) is 6.58. The highest BCUT2D eigenvalue weighted by Gasteiger charge is 2.19. The van der Waals surface area contributed by atoms with Crippen LogP contribution in [0.5, 0.6) is 0 Å². The molecule has 0 aliphatic carbocycles. The molecule has 0 radical (unpaired) electrons. The van der Waals surface area contributed by atoms with Gasteiger partial charge in [-0.3, -0.25) is 9.36 Å². The smallest absolute Gasteiger partial charge is 0.262 e. The number of hydrogen-bond acceptors (Lipinski definition) is 5. The maximum atomic E-state index is 13.1. The number of nitrogens with zero attached hydrogens (tertiary/aromatic N) is 3. The SMILES string of the molecule is CC(C)OCCCn1c(SCCC2CCCCN2C)nc2ccccc2c1=O. The molecule has 5 nitrogen and oxygen atoms in total. The van der Waals surface area contributed by atoms with Crippen LogP contribution in [-0.4, -0.2) is 52.5 Å². The van der Waals surface area contributed by atoms with Gasteiger partial charge in [-0.1, -0.05) is 30.3 Å². The third kappa shape index (κ3) is 5.58. The first kappa shape index (κ1) is 21.3. The van der Waals surface area contributed by atoms with Crippen LogP contribution < -0.4 is 5.56 Å². The minimum Gasteiger partial charge on any atom is -0.379 e. The average Bonchev–Trinajstić information content (AvgIpc) is 2.68. The van der Waals surface area contributed by atoms with E-state index in [2.05, 4.69) is 11.9 Å². The van der Waals surface area contributed by atoms with Gasteiger partial charge in [0.15, 0.2) is 5.16 Å². The van der Waals surface area contributed by atoms with E-state index in [0.717, 1.165) is 29.3 Å². The molecule has 0 bridgehead atoms. The molecular formula is C22H33N3O2S. The number of fused-ring (bicyclic) bond motifs is 1. The molecule has 0 N–H and O–H groups in total. The van der Waals surface area contributed by atoms with Crippen LogP contribution in [0.3, 0.4) is 0 Å². The van der Waals surface area contributed by atoms with E-state index in [-0.39, 0.29) is 11.7 Å². The van der Waals surface area contributed by atoms with E-state index < -0.39 is 0 Å². The van der Waals surface area contributed by atoms with Crippen molar-refractivity contribution in [3.63, 3.8) is 0 Å². The van der Waals surface area contributed by atoms with Crippen molar-refractivity contribution in [2.45, 2.75) is 69.8 Å². The molecule has 2 heterocycles. The van der Waals surface area contributed by atoms with E-state index in [1.54, 1.807) is 11.8 Å². The second-order valence-electron chi connectivity index (χ2n) is 7.91. The predicted molar refractivity (Wildman–Crippen MR) is 117 cm³/mol. The van der Waals surface area contributed by atoms with Gasteiger partial charge in [0.1, 0.15) is 0 Å². The molecule has 6 heteroatoms. The van der Waals surface area contributed by atoms with Crippen molar-refractivity contribution in [1.29, 1.82) is 0 Å². The molecular weight excluding hydrogens is 370 g/mol. The maximum Gasteiger partial charge on any atom is 0.262 e. The monoisotopic (exact) mass is 403 g/mol. The summed E-state index contributed by atoms with van der Waals surface area (Å²) in [4.78, 5) is 20.4. The van der Waals surface area contributed by atoms with Gasteiger partial charge in [0.05, 0.1) is 17.0 Å². The van der Waals surface area contributed by atoms with Gasteiger partial charge in [-0.05, 0) is 65.3 Å². The minimum atomic E-state index is 0.0624. The Labute approximate surface area is 172 Å². The summed E-state index contributed by atoms with van der Waals surface area (Å²) in [5.74, 6) is 0.988. The summed E-state index contributed by atoms with van der Waals surface area (Å²) in [5, 5.41) is 1.54. The zero-order valence-corrected chi connectivity index (χ0v) is 18.2. The van der Waals surface area contributed by atoms with Crippen molar-refractivity contribution in [2.24, 2.45) is 0 Å². The Morgan fingerprint density at radius 1 is 1.29 bits per heavy atom. The van der Waals surface area contributed by atoms with E-state index in [4.69, 9.17) is 9.72 Å². The van der Waals surface area contributed by atoms with E-state index in [1.807, 2.05) is 42.7 Å². The van der Waals surface area contributed by atoms with Gasteiger partial charge < -0.3 is 9.64 Å². The van der Waals surface area contributed by atoms with Gasteiger partial charge >= 0.3 is 0 Å². The lowest BCUT2D eigenvalue weighted by Gasteiger charge is -2.32. The Bertz CT molecular complexity index is 821. The second kappa shape index (κ2) is 10.4. The highest BCUT2D eigenvalue weighted by atomic mass is 32.2. The number of ether oxygens (including phenoxy) is 1. The number of likely N-dealkylation sites (tertiary alicyclic amines) is 1. The summed E-state index contributed by atoms with van der Waals surface area (Å²) < 4.78 is 7.50. The lowest BCUT2D eigenvalue weighted by Crippen LogP contribution is -2.36. The molecule has 0 saturated carbocycles. The van der Waals surface area contributed by atoms with Crippen LogP contribution in [0.2, 0.25) is 0 Å². The Morgan fingerprint density at radius 2 is 2.11 bits per heavy atom. The topological polar surface area (TPSA) is 47.4 Å². The molecule has 0 spiro atoms. The van der Waals surface area contributed by atoms with Crippen LogP contribution in [0, 0.1) is 0 Å². The fraction of sp³-hybridized carbons (Fsp3) is 0.636. The number of rotatable bonds is 9. The molecule has 1 fully saturated rings. The van der Waals surface area contributed by atoms with E-state index in [9.17, 15) is 4.79 Å². The van der Waals surface area contributed by atoms with Crippen LogP contribution in [0.4, 0.5) is 0 Å². The van der Waals surface area contributed by atoms with Gasteiger partial charge in [0.25, 0.3) is 5.56 Å². The molecule has 0 amide bonds. The summed E-state index contributed by atoms with van der Waals surface area (Å²) in [7, 11) is 2.23. The lowest BCUT2D eigenvalue weighted by atomic mass is 10.0. The predicted octanol–water partition coefficient (Wildman–Crippen LogP) is 4.18. The van der Waals surface area contributed by atoms with E-state index >= 15 is 0 Å². The van der Waals surface area contributed by atoms with Crippen LogP contribution in [-0.2, 0) is 11.3 Å². The van der Waals surface area contributed by atoms with Gasteiger partial charge in [0, 0.05) is 24.9 Å². The Balaban J connectivity index is 1.72. The van der Waals surface area contributed by atoms with Crippen molar-refractivity contribution >= 4 is 22.7 Å². The fourth-order valence-corrected chi connectivity index (χ4v) is 4.86. The summed E-state index contributed by atoms with van der Waals surface area (Å²) >= 11 is 1.72. The molecule has 1 aliphatic rings. The molecule has 1 unspecified atom stereocenters. The van der Waals surface area contributed by atoms with Crippen LogP contribution in [0.15, 0.2) is 34.2 Å². The number of thioether (sulfide) groups is 1. The maximum absolute atomic E-state index is 13.1. The molecule has 1 aromatic heterocycles. The third-order valence-corrected chi connectivity index (χ3v) is 6.42. The van der Waals surface area contributed by atoms with Gasteiger partial charge in [-0.25, -0.2) is 4.98 Å². The number of hydrogen-bond donors (Lipinski definition) is 0. The first-order chi connectivity index (χ1) is 13.6. The highest BCUT2D eigenvalue weighted by Crippen LogP contribution is 2.23. The largest absolute Gasteiger partial charge is 0.379 e. The van der Waals surface area contributed by atoms with Gasteiger partial charge in [-0.2, -0.15) is 0 Å². The molecule has 1 aliphatic heterocycles. The van der Waals surface area contributed by atoms with Crippen LogP contribution in [0.1, 0.15) is 46.0 Å². The molecule has 3 rings (SSSR count). The lowest BCUT2D eigenvalue weighted by molar-refractivity contribution is 0.0743. The van der Waals surface area contributed by atoms with E-state index in [0.29, 0.717) is 24.6 Å². The highest BCUT2D eigenvalue weighted by molar-refractivity contribution is 7.99. The third-order valence-electron chi connectivity index (χ3n) is 5.41. The fourth-order valence-electron chi connectivity index (χ4n) is 3.79. The molecule has 1 aromatic carbocycles. The normalized spacial score (nSPS) is 18.2. The van der Waals surface area contributed by atoms with Crippen molar-refractivity contribution < 1.29 is 4.74 Å². The standard InChI is InChI=1S/C22H33N3O2S/c1-17(2)27-15-8-14-25-21(26)19-10-4-5-11-20(19)23-22(25)28-16-12-18-9-6-7-13-24(18)3/h4-5,10-11,17-18H,6-9,12-16H2,1-3H3. The Hall–Kier alpha value is -1.37. The summed E-state index contributed by atoms with van der Waals surface area (Å²) in [6.07, 6.45) is 6.09. The number of piperidine rings is 1. The van der Waals surface area contributed by atoms with Crippen LogP contribution >= 0.6 is 11.8 Å². The number of benzene rings is 1. The average molecular weight is 404 g/mol. The van der Waals surface area contributed by atoms with Gasteiger partial charge in [0.2, 0.25) is 0 Å². The molecule has 1 atom stereocenters. The zero-order valence-electron chi connectivity index (χ0n) is 17.4. The van der Waals surface area contributed by atoms with Gasteiger partial charge in [-0.15, -0.1) is 0 Å². The zero-order chi connectivity index (χ0) is 19.9. The first-order valence-corrected chi connectivity index (χ1v) is 11.5. The quantitative estimate of drug-likeness (QED) is 0.357. The molecule has 28 heavy (non-hydrogen) atoms. The van der Waals surface area contributed by atoms with Crippen molar-refractivity contribution in [1.82, 2.24) is 14.5 Å².